The fourth-order valence-corrected chi connectivity index (χ4v) is 5.87. The van der Waals surface area contributed by atoms with Crippen molar-refractivity contribution < 1.29 is 52.8 Å². The number of carbonyl (C=O) groups excluding carboxylic acids is 2. The van der Waals surface area contributed by atoms with Gasteiger partial charge in [-0.05, 0) is 80.7 Å². The van der Waals surface area contributed by atoms with Crippen molar-refractivity contribution in [2.24, 2.45) is 0 Å². The number of hydrogen-bond acceptors (Lipinski definition) is 14. The Bertz CT molecular complexity index is 1670. The second kappa shape index (κ2) is 19.4. The highest BCUT2D eigenvalue weighted by atomic mass is 16.6. The van der Waals surface area contributed by atoms with Gasteiger partial charge < -0.3 is 48.1 Å². The van der Waals surface area contributed by atoms with Crippen molar-refractivity contribution in [3.63, 3.8) is 0 Å². The van der Waals surface area contributed by atoms with Crippen LogP contribution in [0.2, 0.25) is 0 Å². The van der Waals surface area contributed by atoms with Crippen LogP contribution in [0.5, 0.6) is 34.5 Å². The average molecular weight is 726 g/mol. The number of aromatic hydroxyl groups is 1. The summed E-state index contributed by atoms with van der Waals surface area (Å²) in [5.74, 6) is 0.0137. The summed E-state index contributed by atoms with van der Waals surface area (Å²) in [6.07, 6.45) is 2.31. The summed E-state index contributed by atoms with van der Waals surface area (Å²) in [6.45, 7) is 7.38. The lowest BCUT2D eigenvalue weighted by atomic mass is 10.1. The number of esters is 2. The third-order valence-electron chi connectivity index (χ3n) is 8.68. The van der Waals surface area contributed by atoms with Gasteiger partial charge in [0.25, 0.3) is 5.69 Å². The number of aryl methyl sites for hydroxylation is 1. The molecule has 3 aromatic rings. The van der Waals surface area contributed by atoms with Gasteiger partial charge in [-0.15, -0.1) is 0 Å². The molecular formula is C37H47N3O12. The number of rotatable bonds is 18. The monoisotopic (exact) mass is 725 g/mol. The van der Waals surface area contributed by atoms with Crippen LogP contribution >= 0.6 is 0 Å². The lowest BCUT2D eigenvalue weighted by Gasteiger charge is -2.21. The van der Waals surface area contributed by atoms with Gasteiger partial charge in [0, 0.05) is 38.3 Å². The molecule has 0 amide bonds. The molecule has 1 fully saturated rings. The normalized spacial score (nSPS) is 13.5. The minimum Gasteiger partial charge on any atom is -0.504 e. The van der Waals surface area contributed by atoms with Crippen LogP contribution in [-0.2, 0) is 16.1 Å². The van der Waals surface area contributed by atoms with Gasteiger partial charge >= 0.3 is 11.9 Å². The minimum atomic E-state index is -0.609. The fraction of sp³-hybridized carbons (Fsp3) is 0.459. The molecule has 3 aromatic carbocycles. The Balaban J connectivity index is 1.18. The number of carbonyl (C=O) groups is 2. The van der Waals surface area contributed by atoms with Crippen molar-refractivity contribution in [1.82, 2.24) is 9.80 Å². The Morgan fingerprint density at radius 1 is 0.750 bits per heavy atom. The number of hydrogen-bond donors (Lipinski definition) is 1. The number of nitro groups is 1. The highest BCUT2D eigenvalue weighted by molar-refractivity contribution is 5.91. The van der Waals surface area contributed by atoms with Crippen LogP contribution in [0.1, 0.15) is 51.1 Å². The number of phenols is 1. The molecule has 15 nitrogen and oxygen atoms in total. The van der Waals surface area contributed by atoms with E-state index in [2.05, 4.69) is 9.80 Å². The molecule has 0 saturated carbocycles. The predicted octanol–water partition coefficient (Wildman–Crippen LogP) is 5.02. The summed E-state index contributed by atoms with van der Waals surface area (Å²) in [7, 11) is 5.85. The molecule has 1 aliphatic rings. The first kappa shape index (κ1) is 39.5. The molecule has 52 heavy (non-hydrogen) atoms. The van der Waals surface area contributed by atoms with Gasteiger partial charge in [-0.3, -0.25) is 10.1 Å². The Hall–Kier alpha value is -5.28. The molecule has 15 heteroatoms. The van der Waals surface area contributed by atoms with E-state index >= 15 is 0 Å². The highest BCUT2D eigenvalue weighted by Gasteiger charge is 2.21. The molecule has 1 heterocycles. The zero-order valence-electron chi connectivity index (χ0n) is 30.3. The Kier molecular flexibility index (Phi) is 14.7. The Morgan fingerprint density at radius 2 is 1.29 bits per heavy atom. The Morgan fingerprint density at radius 3 is 1.79 bits per heavy atom. The molecule has 0 bridgehead atoms. The largest absolute Gasteiger partial charge is 0.504 e. The predicted molar refractivity (Wildman–Crippen MR) is 190 cm³/mol. The van der Waals surface area contributed by atoms with E-state index in [1.54, 1.807) is 25.1 Å². The molecule has 0 radical (unpaired) electrons. The van der Waals surface area contributed by atoms with Crippen LogP contribution in [0, 0.1) is 17.0 Å². The van der Waals surface area contributed by atoms with Crippen LogP contribution in [0.15, 0.2) is 42.5 Å². The molecule has 0 unspecified atom stereocenters. The third-order valence-corrected chi connectivity index (χ3v) is 8.68. The second-order valence-electron chi connectivity index (χ2n) is 12.1. The van der Waals surface area contributed by atoms with E-state index in [0.29, 0.717) is 46.8 Å². The fourth-order valence-electron chi connectivity index (χ4n) is 5.87. The summed E-state index contributed by atoms with van der Waals surface area (Å²) >= 11 is 0. The number of ether oxygens (including phenoxy) is 7. The molecule has 282 valence electrons. The zero-order valence-corrected chi connectivity index (χ0v) is 30.3. The van der Waals surface area contributed by atoms with Crippen molar-refractivity contribution in [3.8, 4) is 34.5 Å². The molecule has 4 rings (SSSR count). The van der Waals surface area contributed by atoms with E-state index in [9.17, 15) is 24.8 Å². The SMILES string of the molecule is COc1cc(C(=O)OCCCN2CCCN(CCCOC(=O)c3cc(O)c(OC)c(OCc4ccc([N+](=O)[O-])cc4C)c3)CC2)cc(OC)c1OC. The van der Waals surface area contributed by atoms with E-state index in [-0.39, 0.29) is 48.3 Å². The van der Waals surface area contributed by atoms with Gasteiger partial charge in [-0.25, -0.2) is 9.59 Å². The summed E-state index contributed by atoms with van der Waals surface area (Å²) < 4.78 is 38.1. The molecule has 0 aromatic heterocycles. The molecule has 0 spiro atoms. The van der Waals surface area contributed by atoms with E-state index in [0.717, 1.165) is 45.7 Å². The molecular weight excluding hydrogens is 678 g/mol. The molecule has 1 N–H and O–H groups in total. The van der Waals surface area contributed by atoms with E-state index < -0.39 is 16.9 Å². The van der Waals surface area contributed by atoms with E-state index in [4.69, 9.17) is 33.2 Å². The first-order chi connectivity index (χ1) is 25.1. The maximum absolute atomic E-state index is 12.9. The summed E-state index contributed by atoms with van der Waals surface area (Å²) in [5.41, 5.74) is 1.76. The Labute approximate surface area is 303 Å². The topological polar surface area (TPSA) is 169 Å². The third kappa shape index (κ3) is 10.6. The van der Waals surface area contributed by atoms with Crippen LogP contribution in [0.4, 0.5) is 5.69 Å². The van der Waals surface area contributed by atoms with E-state index in [1.165, 1.54) is 52.7 Å². The zero-order chi connectivity index (χ0) is 37.6. The minimum absolute atomic E-state index is 0.0257. The van der Waals surface area contributed by atoms with Crippen molar-refractivity contribution in [2.45, 2.75) is 32.8 Å². The lowest BCUT2D eigenvalue weighted by Crippen LogP contribution is -2.32. The van der Waals surface area contributed by atoms with Gasteiger partial charge in [-0.2, -0.15) is 0 Å². The van der Waals surface area contributed by atoms with Crippen molar-refractivity contribution >= 4 is 17.6 Å². The molecule has 1 aliphatic heterocycles. The van der Waals surface area contributed by atoms with Crippen LogP contribution in [0.3, 0.4) is 0 Å². The smallest absolute Gasteiger partial charge is 0.338 e. The average Bonchev–Trinajstić information content (AvgIpc) is 3.38. The van der Waals surface area contributed by atoms with Gasteiger partial charge in [0.15, 0.2) is 23.0 Å². The van der Waals surface area contributed by atoms with Crippen LogP contribution < -0.4 is 23.7 Å². The van der Waals surface area contributed by atoms with Crippen LogP contribution in [-0.4, -0.2) is 113 Å². The number of benzene rings is 3. The van der Waals surface area contributed by atoms with E-state index in [1.807, 2.05) is 0 Å². The van der Waals surface area contributed by atoms with Gasteiger partial charge in [-0.1, -0.05) is 0 Å². The van der Waals surface area contributed by atoms with Crippen molar-refractivity contribution in [3.05, 3.63) is 74.8 Å². The summed E-state index contributed by atoms with van der Waals surface area (Å²) in [5, 5.41) is 21.6. The molecule has 0 aliphatic carbocycles. The number of nitro benzene ring substituents is 1. The second-order valence-corrected chi connectivity index (χ2v) is 12.1. The highest BCUT2D eigenvalue weighted by Crippen LogP contribution is 2.39. The quantitative estimate of drug-likeness (QED) is 0.0803. The van der Waals surface area contributed by atoms with Crippen molar-refractivity contribution in [2.75, 3.05) is 80.9 Å². The van der Waals surface area contributed by atoms with Crippen molar-refractivity contribution in [1.29, 1.82) is 0 Å². The maximum atomic E-state index is 12.9. The lowest BCUT2D eigenvalue weighted by molar-refractivity contribution is -0.384. The number of nitrogens with zero attached hydrogens (tertiary/aromatic N) is 3. The first-order valence-electron chi connectivity index (χ1n) is 16.9. The first-order valence-corrected chi connectivity index (χ1v) is 16.9. The number of methoxy groups -OCH3 is 4. The van der Waals surface area contributed by atoms with Gasteiger partial charge in [0.1, 0.15) is 6.61 Å². The molecule has 0 atom stereocenters. The summed E-state index contributed by atoms with van der Waals surface area (Å²) in [4.78, 5) is 40.9. The van der Waals surface area contributed by atoms with Crippen LogP contribution in [0.25, 0.3) is 0 Å². The maximum Gasteiger partial charge on any atom is 0.338 e. The van der Waals surface area contributed by atoms with Gasteiger partial charge in [0.2, 0.25) is 11.5 Å². The number of phenolic OH excluding ortho intramolecular Hbond substituents is 1. The molecule has 1 saturated heterocycles. The number of non-ortho nitro benzene ring substituents is 1. The summed E-state index contributed by atoms with van der Waals surface area (Å²) in [6, 6.07) is 10.3. The van der Waals surface area contributed by atoms with Gasteiger partial charge in [0.05, 0.1) is 57.7 Å². The standard InChI is InChI=1S/C37H47N3O12/c1-25-19-29(40(44)45)10-9-26(25)24-52-33-23-27(20-30(41)34(33)48-4)36(42)50-17-7-13-38-11-6-12-39(16-15-38)14-8-18-51-37(43)28-21-31(46-2)35(49-5)32(22-28)47-3/h9-10,19-23,41H,6-8,11-18,24H2,1-5H3.